The Kier molecular flexibility index (Phi) is 7.80. The molecule has 184 valence electrons. The Morgan fingerprint density at radius 1 is 0.971 bits per heavy atom. The first-order valence-electron chi connectivity index (χ1n) is 11.3. The summed E-state index contributed by atoms with van der Waals surface area (Å²) in [6, 6.07) is 19.5. The van der Waals surface area contributed by atoms with E-state index < -0.39 is 10.0 Å². The number of piperazine rings is 1. The lowest BCUT2D eigenvalue weighted by molar-refractivity contribution is -0.132. The summed E-state index contributed by atoms with van der Waals surface area (Å²) >= 11 is 0. The fourth-order valence-electron chi connectivity index (χ4n) is 4.03. The number of hydrogen-bond donors (Lipinski definition) is 1. The quantitative estimate of drug-likeness (QED) is 0.518. The van der Waals surface area contributed by atoms with Gasteiger partial charge in [-0.2, -0.15) is 4.31 Å². The minimum atomic E-state index is -4.01. The minimum Gasteiger partial charge on any atom is -0.496 e. The normalized spacial score (nSPS) is 14.2. The molecule has 0 atom stereocenters. The number of benzene rings is 3. The molecule has 1 aliphatic rings. The first kappa shape index (κ1) is 24.8. The van der Waals surface area contributed by atoms with Crippen LogP contribution in [0.25, 0.3) is 11.1 Å². The molecule has 1 saturated heterocycles. The molecule has 0 saturated carbocycles. The molecule has 7 nitrogen and oxygen atoms in total. The van der Waals surface area contributed by atoms with E-state index >= 15 is 0 Å². The maximum Gasteiger partial charge on any atom is 0.243 e. The molecular formula is C26H28FN3O4S. The van der Waals surface area contributed by atoms with Crippen LogP contribution in [-0.4, -0.2) is 63.4 Å². The highest BCUT2D eigenvalue weighted by Gasteiger charge is 2.30. The van der Waals surface area contributed by atoms with Gasteiger partial charge < -0.3 is 15.0 Å². The summed E-state index contributed by atoms with van der Waals surface area (Å²) in [7, 11) is -2.48. The molecule has 0 aromatic heterocycles. The monoisotopic (exact) mass is 497 g/mol. The van der Waals surface area contributed by atoms with Gasteiger partial charge in [-0.15, -0.1) is 0 Å². The summed E-state index contributed by atoms with van der Waals surface area (Å²) in [6.45, 7) is 2.14. The molecule has 3 aromatic rings. The van der Waals surface area contributed by atoms with Gasteiger partial charge in [-0.1, -0.05) is 42.5 Å². The third-order valence-corrected chi connectivity index (χ3v) is 7.80. The number of methoxy groups -OCH3 is 1. The van der Waals surface area contributed by atoms with Gasteiger partial charge in [0.15, 0.2) is 0 Å². The number of carbonyl (C=O) groups excluding carboxylic acids is 1. The lowest BCUT2D eigenvalue weighted by atomic mass is 10.1. The first-order valence-corrected chi connectivity index (χ1v) is 12.8. The van der Waals surface area contributed by atoms with Crippen molar-refractivity contribution >= 4 is 15.9 Å². The van der Waals surface area contributed by atoms with Gasteiger partial charge in [0.2, 0.25) is 15.9 Å². The highest BCUT2D eigenvalue weighted by molar-refractivity contribution is 7.89. The zero-order valence-electron chi connectivity index (χ0n) is 19.5. The van der Waals surface area contributed by atoms with Crippen LogP contribution in [-0.2, 0) is 21.4 Å². The SMILES string of the molecule is COc1ccccc1CN(CC(=O)N1CCNCC1)S(=O)(=O)c1ccc(-c2ccc(F)cc2)cc1. The van der Waals surface area contributed by atoms with E-state index in [9.17, 15) is 17.6 Å². The fraction of sp³-hybridized carbons (Fsp3) is 0.269. The van der Waals surface area contributed by atoms with Gasteiger partial charge in [0.05, 0.1) is 18.6 Å². The fourth-order valence-corrected chi connectivity index (χ4v) is 5.39. The standard InChI is InChI=1S/C26H28FN3O4S/c1-34-25-5-3-2-4-22(25)18-30(19-26(31)29-16-14-28-15-17-29)35(32,33)24-12-8-21(9-13-24)20-6-10-23(27)11-7-20/h2-13,28H,14-19H2,1H3. The summed E-state index contributed by atoms with van der Waals surface area (Å²) in [5.74, 6) is -0.0315. The van der Waals surface area contributed by atoms with Crippen molar-refractivity contribution in [3.63, 3.8) is 0 Å². The highest BCUT2D eigenvalue weighted by atomic mass is 32.2. The van der Waals surface area contributed by atoms with Crippen molar-refractivity contribution in [1.82, 2.24) is 14.5 Å². The summed E-state index contributed by atoms with van der Waals surface area (Å²) in [4.78, 5) is 14.8. The zero-order chi connectivity index (χ0) is 24.8. The molecule has 1 aliphatic heterocycles. The number of nitrogens with zero attached hydrogens (tertiary/aromatic N) is 2. The highest BCUT2D eigenvalue weighted by Crippen LogP contribution is 2.26. The second-order valence-electron chi connectivity index (χ2n) is 8.25. The second-order valence-corrected chi connectivity index (χ2v) is 10.2. The molecule has 35 heavy (non-hydrogen) atoms. The maximum absolute atomic E-state index is 13.7. The Balaban J connectivity index is 1.63. The van der Waals surface area contributed by atoms with Crippen molar-refractivity contribution in [2.45, 2.75) is 11.4 Å². The molecule has 0 aliphatic carbocycles. The molecule has 0 radical (unpaired) electrons. The van der Waals surface area contributed by atoms with Crippen LogP contribution in [0.5, 0.6) is 5.75 Å². The van der Waals surface area contributed by atoms with Crippen molar-refractivity contribution in [3.05, 3.63) is 84.2 Å². The Morgan fingerprint density at radius 3 is 2.20 bits per heavy atom. The lowest BCUT2D eigenvalue weighted by Gasteiger charge is -2.30. The molecule has 1 amide bonds. The Bertz CT molecular complexity index is 1260. The van der Waals surface area contributed by atoms with Crippen LogP contribution in [0, 0.1) is 5.82 Å². The van der Waals surface area contributed by atoms with E-state index in [0.717, 1.165) is 11.1 Å². The first-order chi connectivity index (χ1) is 16.9. The molecule has 0 bridgehead atoms. The predicted octanol–water partition coefficient (Wildman–Crippen LogP) is 3.12. The number of hydrogen-bond acceptors (Lipinski definition) is 5. The third-order valence-electron chi connectivity index (χ3n) is 5.99. The van der Waals surface area contributed by atoms with Crippen molar-refractivity contribution < 1.29 is 22.3 Å². The molecule has 0 unspecified atom stereocenters. The molecule has 3 aromatic carbocycles. The number of para-hydroxylation sites is 1. The van der Waals surface area contributed by atoms with Crippen LogP contribution >= 0.6 is 0 Å². The summed E-state index contributed by atoms with van der Waals surface area (Å²) < 4.78 is 47.3. The smallest absolute Gasteiger partial charge is 0.243 e. The Labute approximate surface area is 205 Å². The number of halogens is 1. The summed E-state index contributed by atoms with van der Waals surface area (Å²) in [5, 5.41) is 3.19. The predicted molar refractivity (Wildman–Crippen MR) is 132 cm³/mol. The lowest BCUT2D eigenvalue weighted by Crippen LogP contribution is -2.50. The van der Waals surface area contributed by atoms with E-state index in [0.29, 0.717) is 37.5 Å². The van der Waals surface area contributed by atoms with E-state index in [1.807, 2.05) is 0 Å². The van der Waals surface area contributed by atoms with Crippen molar-refractivity contribution in [2.24, 2.45) is 0 Å². The van der Waals surface area contributed by atoms with Gasteiger partial charge in [0.25, 0.3) is 0 Å². The molecule has 1 fully saturated rings. The topological polar surface area (TPSA) is 79.0 Å². The second kappa shape index (κ2) is 11.0. The van der Waals surface area contributed by atoms with Crippen LogP contribution in [0.1, 0.15) is 5.56 Å². The molecular weight excluding hydrogens is 469 g/mol. The number of rotatable bonds is 8. The van der Waals surface area contributed by atoms with Crippen molar-refractivity contribution in [1.29, 1.82) is 0 Å². The van der Waals surface area contributed by atoms with E-state index in [1.165, 1.54) is 35.7 Å². The maximum atomic E-state index is 13.7. The van der Waals surface area contributed by atoms with E-state index in [1.54, 1.807) is 53.4 Å². The summed E-state index contributed by atoms with van der Waals surface area (Å²) in [6.07, 6.45) is 0. The van der Waals surface area contributed by atoms with Crippen LogP contribution in [0.3, 0.4) is 0 Å². The average molecular weight is 498 g/mol. The van der Waals surface area contributed by atoms with Gasteiger partial charge in [0.1, 0.15) is 11.6 Å². The van der Waals surface area contributed by atoms with E-state index in [4.69, 9.17) is 4.74 Å². The molecule has 1 heterocycles. The number of ether oxygens (including phenoxy) is 1. The minimum absolute atomic E-state index is 0.0100. The van der Waals surface area contributed by atoms with E-state index in [-0.39, 0.29) is 29.7 Å². The number of carbonyl (C=O) groups is 1. The van der Waals surface area contributed by atoms with Crippen LogP contribution in [0.15, 0.2) is 77.7 Å². The molecule has 4 rings (SSSR count). The molecule has 9 heteroatoms. The molecule has 0 spiro atoms. The van der Waals surface area contributed by atoms with Crippen LogP contribution in [0.4, 0.5) is 4.39 Å². The van der Waals surface area contributed by atoms with Gasteiger partial charge in [0, 0.05) is 38.3 Å². The third kappa shape index (κ3) is 5.87. The Morgan fingerprint density at radius 2 is 1.57 bits per heavy atom. The van der Waals surface area contributed by atoms with E-state index in [2.05, 4.69) is 5.32 Å². The van der Waals surface area contributed by atoms with Crippen molar-refractivity contribution in [2.75, 3.05) is 39.8 Å². The number of amides is 1. The van der Waals surface area contributed by atoms with Gasteiger partial charge in [-0.05, 0) is 41.5 Å². The number of nitrogens with one attached hydrogen (secondary N) is 1. The van der Waals surface area contributed by atoms with Crippen molar-refractivity contribution in [3.8, 4) is 16.9 Å². The molecule has 1 N–H and O–H groups in total. The van der Waals surface area contributed by atoms with Crippen LogP contribution < -0.4 is 10.1 Å². The van der Waals surface area contributed by atoms with Crippen LogP contribution in [0.2, 0.25) is 0 Å². The Hall–Kier alpha value is -3.27. The van der Waals surface area contributed by atoms with Gasteiger partial charge >= 0.3 is 0 Å². The summed E-state index contributed by atoms with van der Waals surface area (Å²) in [5.41, 5.74) is 2.20. The average Bonchev–Trinajstić information content (AvgIpc) is 2.89. The van der Waals surface area contributed by atoms with Gasteiger partial charge in [-0.3, -0.25) is 4.79 Å². The zero-order valence-corrected chi connectivity index (χ0v) is 20.3. The van der Waals surface area contributed by atoms with Gasteiger partial charge in [-0.25, -0.2) is 12.8 Å². The number of sulfonamides is 1. The largest absolute Gasteiger partial charge is 0.496 e.